The Morgan fingerprint density at radius 2 is 1.94 bits per heavy atom. The highest BCUT2D eigenvalue weighted by atomic mass is 16.5. The summed E-state index contributed by atoms with van der Waals surface area (Å²) in [5.74, 6) is 2.80. The van der Waals surface area contributed by atoms with Crippen LogP contribution in [0.15, 0.2) is 24.8 Å². The maximum Gasteiger partial charge on any atom is 0.331 e. The Morgan fingerprint density at radius 1 is 1.38 bits per heavy atom. The van der Waals surface area contributed by atoms with Gasteiger partial charge >= 0.3 is 11.9 Å². The molecule has 0 saturated heterocycles. The van der Waals surface area contributed by atoms with Crippen molar-refractivity contribution in [3.05, 3.63) is 24.8 Å². The Hall–Kier alpha value is -2.46. The van der Waals surface area contributed by atoms with E-state index >= 15 is 0 Å². The number of carboxylic acids is 1. The van der Waals surface area contributed by atoms with Crippen LogP contribution >= 0.6 is 0 Å². The van der Waals surface area contributed by atoms with Crippen molar-refractivity contribution in [2.45, 2.75) is 6.42 Å². The van der Waals surface area contributed by atoms with Crippen molar-refractivity contribution < 1.29 is 19.4 Å². The van der Waals surface area contributed by atoms with Crippen LogP contribution in [0.2, 0.25) is 0 Å². The number of carbonyl (C=O) groups is 2. The molecule has 0 heterocycles. The first kappa shape index (κ1) is 16.0. The maximum absolute atomic E-state index is 10.1. The molecule has 0 aromatic rings. The van der Waals surface area contributed by atoms with E-state index in [-0.39, 0.29) is 18.6 Å². The number of aliphatic carboxylic acids is 1. The van der Waals surface area contributed by atoms with Gasteiger partial charge in [-0.25, -0.2) is 9.59 Å². The number of hydrogen-bond acceptors (Lipinski definition) is 3. The van der Waals surface area contributed by atoms with Crippen molar-refractivity contribution in [2.75, 3.05) is 6.61 Å². The second-order valence-electron chi connectivity index (χ2n) is 2.31. The molecule has 1 N–H and O–H groups in total. The van der Waals surface area contributed by atoms with E-state index in [0.717, 1.165) is 6.08 Å². The Labute approximate surface area is 94.6 Å². The topological polar surface area (TPSA) is 63.6 Å². The lowest BCUT2D eigenvalue weighted by molar-refractivity contribution is -0.136. The van der Waals surface area contributed by atoms with Crippen LogP contribution in [0.25, 0.3) is 0 Å². The van der Waals surface area contributed by atoms with Crippen molar-refractivity contribution in [3.8, 4) is 24.7 Å². The van der Waals surface area contributed by atoms with E-state index in [0.29, 0.717) is 0 Å². The van der Waals surface area contributed by atoms with Gasteiger partial charge in [0, 0.05) is 18.1 Å². The monoisotopic (exact) mass is 220 g/mol. The summed E-state index contributed by atoms with van der Waals surface area (Å²) in [4.78, 5) is 20.0. The molecular formula is C12H12O4. The molecule has 0 aliphatic rings. The number of carbonyl (C=O) groups excluding carboxylic acids is 1. The molecule has 0 saturated carbocycles. The third-order valence-electron chi connectivity index (χ3n) is 1.08. The Kier molecular flexibility index (Phi) is 10.6. The number of esters is 1. The fraction of sp³-hybridized carbons (Fsp3) is 0.167. The van der Waals surface area contributed by atoms with E-state index in [9.17, 15) is 9.59 Å². The SMILES string of the molecule is C#CCC(=C)C(=O)O.C#CCOC(=O)C=C. The van der Waals surface area contributed by atoms with E-state index in [1.54, 1.807) is 0 Å². The highest BCUT2D eigenvalue weighted by molar-refractivity contribution is 5.86. The van der Waals surface area contributed by atoms with Crippen LogP contribution in [0.4, 0.5) is 0 Å². The summed E-state index contributed by atoms with van der Waals surface area (Å²) in [5.41, 5.74) is 0.0625. The summed E-state index contributed by atoms with van der Waals surface area (Å²) < 4.78 is 4.35. The van der Waals surface area contributed by atoms with Crippen molar-refractivity contribution in [3.63, 3.8) is 0 Å². The molecule has 0 fully saturated rings. The quantitative estimate of drug-likeness (QED) is 0.436. The second-order valence-corrected chi connectivity index (χ2v) is 2.31. The van der Waals surface area contributed by atoms with E-state index in [1.807, 2.05) is 0 Å². The molecule has 0 aliphatic heterocycles. The van der Waals surface area contributed by atoms with Crippen molar-refractivity contribution in [1.82, 2.24) is 0 Å². The van der Waals surface area contributed by atoms with Gasteiger partial charge in [0.1, 0.15) is 0 Å². The summed E-state index contributed by atoms with van der Waals surface area (Å²) in [6.07, 6.45) is 10.8. The molecule has 0 unspecified atom stereocenters. The van der Waals surface area contributed by atoms with Crippen LogP contribution in [-0.4, -0.2) is 23.7 Å². The van der Waals surface area contributed by atoms with Crippen LogP contribution in [0.1, 0.15) is 6.42 Å². The summed E-state index contributed by atoms with van der Waals surface area (Å²) in [5, 5.41) is 8.12. The van der Waals surface area contributed by atoms with Gasteiger partial charge in [0.25, 0.3) is 0 Å². The van der Waals surface area contributed by atoms with Gasteiger partial charge in [0.15, 0.2) is 6.61 Å². The van der Waals surface area contributed by atoms with Gasteiger partial charge < -0.3 is 9.84 Å². The Bertz CT molecular complexity index is 350. The molecule has 0 spiro atoms. The highest BCUT2D eigenvalue weighted by Crippen LogP contribution is 1.93. The number of rotatable bonds is 4. The minimum absolute atomic E-state index is 0.0187. The molecule has 0 aliphatic carbocycles. The summed E-state index contributed by atoms with van der Waals surface area (Å²) in [6.45, 7) is 6.39. The zero-order valence-electron chi connectivity index (χ0n) is 8.73. The van der Waals surface area contributed by atoms with Crippen LogP contribution in [0, 0.1) is 24.7 Å². The normalized spacial score (nSPS) is 7.12. The first-order valence-corrected chi connectivity index (χ1v) is 4.06. The highest BCUT2D eigenvalue weighted by Gasteiger charge is 1.98. The average Bonchev–Trinajstić information content (AvgIpc) is 2.27. The van der Waals surface area contributed by atoms with Crippen LogP contribution in [0.3, 0.4) is 0 Å². The molecule has 0 radical (unpaired) electrons. The summed E-state index contributed by atoms with van der Waals surface area (Å²) in [6, 6.07) is 0. The standard InChI is InChI=1S/2C6H6O2/c1-3-4-5(2)6(7)8;1-3-5-8-6(7)4-2/h1H,2,4H2,(H,7,8);1,4H,2,5H2. The second kappa shape index (κ2) is 10.6. The van der Waals surface area contributed by atoms with E-state index in [2.05, 4.69) is 29.7 Å². The van der Waals surface area contributed by atoms with Gasteiger partial charge in [-0.1, -0.05) is 19.1 Å². The average molecular weight is 220 g/mol. The smallest absolute Gasteiger partial charge is 0.331 e. The zero-order valence-corrected chi connectivity index (χ0v) is 8.73. The molecular weight excluding hydrogens is 208 g/mol. The molecule has 84 valence electrons. The van der Waals surface area contributed by atoms with Gasteiger partial charge in [0.05, 0.1) is 0 Å². The molecule has 0 atom stereocenters. The number of hydrogen-bond donors (Lipinski definition) is 1. The Morgan fingerprint density at radius 3 is 2.19 bits per heavy atom. The lowest BCUT2D eigenvalue weighted by Crippen LogP contribution is -1.98. The minimum Gasteiger partial charge on any atom is -0.478 e. The number of terminal acetylenes is 2. The predicted molar refractivity (Wildman–Crippen MR) is 60.2 cm³/mol. The largest absolute Gasteiger partial charge is 0.478 e. The molecule has 16 heavy (non-hydrogen) atoms. The maximum atomic E-state index is 10.1. The molecule has 0 rings (SSSR count). The van der Waals surface area contributed by atoms with Gasteiger partial charge in [-0.05, 0) is 0 Å². The molecule has 0 bridgehead atoms. The van der Waals surface area contributed by atoms with E-state index in [1.165, 1.54) is 0 Å². The van der Waals surface area contributed by atoms with Gasteiger partial charge in [-0.2, -0.15) is 0 Å². The fourth-order valence-corrected chi connectivity index (χ4v) is 0.371. The lowest BCUT2D eigenvalue weighted by atomic mass is 10.2. The van der Waals surface area contributed by atoms with Crippen LogP contribution in [-0.2, 0) is 14.3 Å². The van der Waals surface area contributed by atoms with Crippen LogP contribution in [0.5, 0.6) is 0 Å². The zero-order chi connectivity index (χ0) is 13.0. The Balaban J connectivity index is 0. The number of carboxylic acid groups (broad SMARTS) is 1. The molecule has 4 nitrogen and oxygen atoms in total. The third-order valence-corrected chi connectivity index (χ3v) is 1.08. The molecule has 0 aromatic carbocycles. The first-order valence-electron chi connectivity index (χ1n) is 4.06. The molecule has 0 amide bonds. The third kappa shape index (κ3) is 11.5. The summed E-state index contributed by atoms with van der Waals surface area (Å²) >= 11 is 0. The van der Waals surface area contributed by atoms with Gasteiger partial charge in [-0.3, -0.25) is 0 Å². The van der Waals surface area contributed by atoms with E-state index < -0.39 is 11.9 Å². The minimum atomic E-state index is -1.03. The van der Waals surface area contributed by atoms with Gasteiger partial charge in [0.2, 0.25) is 0 Å². The van der Waals surface area contributed by atoms with Crippen molar-refractivity contribution >= 4 is 11.9 Å². The van der Waals surface area contributed by atoms with Crippen molar-refractivity contribution in [1.29, 1.82) is 0 Å². The van der Waals surface area contributed by atoms with Crippen molar-refractivity contribution in [2.24, 2.45) is 0 Å². The molecule has 0 aromatic heterocycles. The van der Waals surface area contributed by atoms with E-state index in [4.69, 9.17) is 18.0 Å². The van der Waals surface area contributed by atoms with Crippen LogP contribution < -0.4 is 0 Å². The van der Waals surface area contributed by atoms with Gasteiger partial charge in [-0.15, -0.1) is 18.8 Å². The first-order chi connectivity index (χ1) is 7.49. The summed E-state index contributed by atoms with van der Waals surface area (Å²) in [7, 11) is 0. The number of ether oxygens (including phenoxy) is 1. The molecule has 4 heteroatoms. The lowest BCUT2D eigenvalue weighted by Gasteiger charge is -1.90. The fourth-order valence-electron chi connectivity index (χ4n) is 0.371. The predicted octanol–water partition coefficient (Wildman–Crippen LogP) is 0.999.